The first kappa shape index (κ1) is 18.8. The van der Waals surface area contributed by atoms with Crippen molar-refractivity contribution in [3.63, 3.8) is 0 Å². The van der Waals surface area contributed by atoms with Crippen molar-refractivity contribution in [1.29, 1.82) is 0 Å². The molecule has 0 amide bonds. The highest BCUT2D eigenvalue weighted by molar-refractivity contribution is 6.32. The normalized spacial score (nSPS) is 28.1. The Labute approximate surface area is 169 Å². The molecule has 1 atom stereocenters. The third-order valence-electron chi connectivity index (χ3n) is 5.96. The molecule has 2 aromatic carbocycles. The minimum absolute atomic E-state index is 0.233. The Morgan fingerprint density at radius 2 is 1.63 bits per heavy atom. The number of benzene rings is 2. The summed E-state index contributed by atoms with van der Waals surface area (Å²) >= 11 is 12.5. The van der Waals surface area contributed by atoms with Crippen molar-refractivity contribution in [3.8, 4) is 11.1 Å². The van der Waals surface area contributed by atoms with Crippen LogP contribution in [0.1, 0.15) is 38.2 Å². The van der Waals surface area contributed by atoms with Gasteiger partial charge in [0.05, 0.1) is 5.54 Å². The van der Waals surface area contributed by atoms with E-state index in [1.165, 1.54) is 0 Å². The molecule has 1 fully saturated rings. The van der Waals surface area contributed by atoms with Crippen molar-refractivity contribution >= 4 is 28.8 Å². The number of aliphatic hydroxyl groups is 2. The lowest BCUT2D eigenvalue weighted by molar-refractivity contribution is 0.121. The van der Waals surface area contributed by atoms with Crippen molar-refractivity contribution in [2.75, 3.05) is 0 Å². The van der Waals surface area contributed by atoms with Gasteiger partial charge in [-0.15, -0.1) is 0 Å². The Kier molecular flexibility index (Phi) is 4.98. The SMILES string of the molecule is CC1CCC2(CC1)NC(O)C(c1cc(-c3ccc(Cl)cc3)ccc1Cl)=C2O. The standard InChI is InChI=1S/C22H23Cl2NO2/c1-13-8-10-22(11-9-13)20(26)19(21(27)25-22)17-12-15(4-7-18(17)24)14-2-5-16(23)6-3-14/h2-7,12-13,21,25-27H,8-11H2,1H3. The van der Waals surface area contributed by atoms with Gasteiger partial charge in [0, 0.05) is 21.2 Å². The Bertz CT molecular complexity index is 884. The van der Waals surface area contributed by atoms with Crippen LogP contribution in [-0.4, -0.2) is 22.0 Å². The Balaban J connectivity index is 1.77. The summed E-state index contributed by atoms with van der Waals surface area (Å²) in [5, 5.41) is 26.2. The summed E-state index contributed by atoms with van der Waals surface area (Å²) in [6.07, 6.45) is 2.74. The highest BCUT2D eigenvalue weighted by Crippen LogP contribution is 2.45. The molecule has 1 saturated carbocycles. The fraction of sp³-hybridized carbons (Fsp3) is 0.364. The van der Waals surface area contributed by atoms with E-state index in [-0.39, 0.29) is 5.76 Å². The van der Waals surface area contributed by atoms with Crippen LogP contribution in [0.4, 0.5) is 0 Å². The maximum atomic E-state index is 11.1. The van der Waals surface area contributed by atoms with Crippen LogP contribution in [0.25, 0.3) is 16.7 Å². The molecule has 2 aliphatic rings. The summed E-state index contributed by atoms with van der Waals surface area (Å²) in [5.74, 6) is 0.875. The Morgan fingerprint density at radius 3 is 2.30 bits per heavy atom. The van der Waals surface area contributed by atoms with Crippen molar-refractivity contribution in [2.45, 2.75) is 44.4 Å². The van der Waals surface area contributed by atoms with Crippen LogP contribution in [-0.2, 0) is 0 Å². The monoisotopic (exact) mass is 403 g/mol. The topological polar surface area (TPSA) is 52.5 Å². The molecule has 1 aliphatic carbocycles. The predicted octanol–water partition coefficient (Wildman–Crippen LogP) is 5.80. The van der Waals surface area contributed by atoms with Crippen molar-refractivity contribution in [2.24, 2.45) is 5.92 Å². The third kappa shape index (κ3) is 3.38. The quantitative estimate of drug-likeness (QED) is 0.593. The zero-order valence-corrected chi connectivity index (χ0v) is 16.7. The molecule has 0 bridgehead atoms. The van der Waals surface area contributed by atoms with Crippen LogP contribution in [0.3, 0.4) is 0 Å². The summed E-state index contributed by atoms with van der Waals surface area (Å²) in [7, 11) is 0. The molecule has 5 heteroatoms. The number of nitrogens with one attached hydrogen (secondary N) is 1. The summed E-state index contributed by atoms with van der Waals surface area (Å²) in [4.78, 5) is 0. The van der Waals surface area contributed by atoms with Gasteiger partial charge >= 0.3 is 0 Å². The lowest BCUT2D eigenvalue weighted by atomic mass is 9.76. The van der Waals surface area contributed by atoms with Crippen LogP contribution in [0.15, 0.2) is 48.2 Å². The second-order valence-corrected chi connectivity index (χ2v) is 8.62. The van der Waals surface area contributed by atoms with Crippen LogP contribution in [0.5, 0.6) is 0 Å². The van der Waals surface area contributed by atoms with Crippen LogP contribution in [0, 0.1) is 5.92 Å². The number of aliphatic hydroxyl groups excluding tert-OH is 2. The van der Waals surface area contributed by atoms with Crippen LogP contribution in [0.2, 0.25) is 10.0 Å². The van der Waals surface area contributed by atoms with Gasteiger partial charge in [-0.3, -0.25) is 5.32 Å². The van der Waals surface area contributed by atoms with Gasteiger partial charge in [-0.1, -0.05) is 48.3 Å². The van der Waals surface area contributed by atoms with E-state index in [1.54, 1.807) is 0 Å². The van der Waals surface area contributed by atoms with E-state index < -0.39 is 11.8 Å². The zero-order valence-electron chi connectivity index (χ0n) is 15.2. The molecule has 3 nitrogen and oxygen atoms in total. The van der Waals surface area contributed by atoms with Crippen LogP contribution < -0.4 is 5.32 Å². The molecular formula is C22H23Cl2NO2. The third-order valence-corrected chi connectivity index (χ3v) is 6.54. The van der Waals surface area contributed by atoms with Crippen molar-refractivity contribution in [1.82, 2.24) is 5.32 Å². The predicted molar refractivity (Wildman–Crippen MR) is 111 cm³/mol. The van der Waals surface area contributed by atoms with Gasteiger partial charge in [0.1, 0.15) is 12.0 Å². The Morgan fingerprint density at radius 1 is 1.00 bits per heavy atom. The average molecular weight is 404 g/mol. The minimum atomic E-state index is -0.934. The number of hydrogen-bond donors (Lipinski definition) is 3. The molecule has 1 heterocycles. The van der Waals surface area contributed by atoms with Gasteiger partial charge in [-0.05, 0) is 67.0 Å². The molecule has 0 saturated heterocycles. The van der Waals surface area contributed by atoms with Gasteiger partial charge < -0.3 is 10.2 Å². The summed E-state index contributed by atoms with van der Waals surface area (Å²) in [5.41, 5.74) is 2.57. The van der Waals surface area contributed by atoms with Crippen molar-refractivity contribution < 1.29 is 10.2 Å². The van der Waals surface area contributed by atoms with Crippen LogP contribution >= 0.6 is 23.2 Å². The molecule has 0 radical (unpaired) electrons. The maximum Gasteiger partial charge on any atom is 0.135 e. The first-order chi connectivity index (χ1) is 12.9. The second kappa shape index (κ2) is 7.14. The molecule has 0 aromatic heterocycles. The molecular weight excluding hydrogens is 381 g/mol. The molecule has 4 rings (SSSR count). The zero-order chi connectivity index (χ0) is 19.2. The van der Waals surface area contributed by atoms with E-state index >= 15 is 0 Å². The highest BCUT2D eigenvalue weighted by Gasteiger charge is 2.47. The lowest BCUT2D eigenvalue weighted by Gasteiger charge is -2.36. The lowest BCUT2D eigenvalue weighted by Crippen LogP contribution is -2.48. The minimum Gasteiger partial charge on any atom is -0.510 e. The van der Waals surface area contributed by atoms with Gasteiger partial charge in [-0.25, -0.2) is 0 Å². The largest absolute Gasteiger partial charge is 0.510 e. The summed E-state index contributed by atoms with van der Waals surface area (Å²) in [6.45, 7) is 2.23. The average Bonchev–Trinajstić information content (AvgIpc) is 2.89. The maximum absolute atomic E-state index is 11.1. The van der Waals surface area contributed by atoms with E-state index in [1.807, 2.05) is 42.5 Å². The van der Waals surface area contributed by atoms with E-state index in [0.29, 0.717) is 27.1 Å². The molecule has 2 aromatic rings. The smallest absolute Gasteiger partial charge is 0.135 e. The Hall–Kier alpha value is -1.52. The molecule has 27 heavy (non-hydrogen) atoms. The fourth-order valence-corrected chi connectivity index (χ4v) is 4.60. The summed E-state index contributed by atoms with van der Waals surface area (Å²) in [6, 6.07) is 13.2. The molecule has 1 aliphatic heterocycles. The first-order valence-electron chi connectivity index (χ1n) is 9.35. The highest BCUT2D eigenvalue weighted by atomic mass is 35.5. The van der Waals surface area contributed by atoms with Gasteiger partial charge in [-0.2, -0.15) is 0 Å². The van der Waals surface area contributed by atoms with E-state index in [2.05, 4.69) is 12.2 Å². The molecule has 3 N–H and O–H groups in total. The van der Waals surface area contributed by atoms with Gasteiger partial charge in [0.15, 0.2) is 0 Å². The van der Waals surface area contributed by atoms with E-state index in [0.717, 1.165) is 36.8 Å². The fourth-order valence-electron chi connectivity index (χ4n) is 4.25. The number of halogens is 2. The van der Waals surface area contributed by atoms with E-state index in [9.17, 15) is 10.2 Å². The van der Waals surface area contributed by atoms with E-state index in [4.69, 9.17) is 23.2 Å². The number of rotatable bonds is 2. The van der Waals surface area contributed by atoms with Crippen molar-refractivity contribution in [3.05, 3.63) is 63.8 Å². The number of hydrogen-bond acceptors (Lipinski definition) is 3. The second-order valence-electron chi connectivity index (χ2n) is 7.78. The summed E-state index contributed by atoms with van der Waals surface area (Å²) < 4.78 is 0. The van der Waals surface area contributed by atoms with Gasteiger partial charge in [0.2, 0.25) is 0 Å². The molecule has 1 unspecified atom stereocenters. The molecule has 1 spiro atoms. The van der Waals surface area contributed by atoms with Gasteiger partial charge in [0.25, 0.3) is 0 Å². The molecule has 142 valence electrons. The first-order valence-corrected chi connectivity index (χ1v) is 10.1.